The van der Waals surface area contributed by atoms with Gasteiger partial charge in [-0.15, -0.1) is 10.2 Å². The quantitative estimate of drug-likeness (QED) is 0.505. The van der Waals surface area contributed by atoms with Gasteiger partial charge in [-0.25, -0.2) is 14.6 Å². The Labute approximate surface area is 179 Å². The molecule has 6 rings (SSSR count). The Morgan fingerprint density at radius 1 is 1.06 bits per heavy atom. The molecule has 0 bridgehead atoms. The summed E-state index contributed by atoms with van der Waals surface area (Å²) in [6.45, 7) is 4.19. The van der Waals surface area contributed by atoms with Gasteiger partial charge >= 0.3 is 0 Å². The molecule has 0 amide bonds. The SMILES string of the molecule is CCC1c2nnc(C)n2-c2cnc(-n3ccnc3-n3cccn3)nc2N1C1CCCC1. The van der Waals surface area contributed by atoms with Crippen LogP contribution in [0.15, 0.2) is 37.1 Å². The standard InChI is InChI=1S/C21H24N10/c1-3-16-19-27-26-14(2)30(19)17-13-23-20(25-18(17)31(16)15-7-4-5-8-15)28-12-10-22-21(28)29-11-6-9-24-29/h6,9-13,15-16H,3-5,7-8H2,1-2H3. The number of hydrogen-bond donors (Lipinski definition) is 0. The zero-order valence-electron chi connectivity index (χ0n) is 17.6. The van der Waals surface area contributed by atoms with Gasteiger partial charge < -0.3 is 4.90 Å². The summed E-state index contributed by atoms with van der Waals surface area (Å²) < 4.78 is 5.70. The Balaban J connectivity index is 1.54. The van der Waals surface area contributed by atoms with E-state index in [0.29, 0.717) is 17.9 Å². The second-order valence-electron chi connectivity index (χ2n) is 8.14. The summed E-state index contributed by atoms with van der Waals surface area (Å²) in [5.74, 6) is 4.02. The molecular formula is C21H24N10. The van der Waals surface area contributed by atoms with Crippen LogP contribution in [0.5, 0.6) is 0 Å². The van der Waals surface area contributed by atoms with Crippen LogP contribution in [0.4, 0.5) is 5.82 Å². The molecule has 0 aromatic carbocycles. The number of imidazole rings is 1. The molecule has 0 spiro atoms. The molecule has 0 saturated heterocycles. The molecule has 1 atom stereocenters. The second kappa shape index (κ2) is 7.00. The van der Waals surface area contributed by atoms with Gasteiger partial charge in [-0.05, 0) is 32.3 Å². The topological polar surface area (TPSA) is 95.4 Å². The Morgan fingerprint density at radius 3 is 2.71 bits per heavy atom. The first-order chi connectivity index (χ1) is 15.3. The maximum absolute atomic E-state index is 5.09. The van der Waals surface area contributed by atoms with Gasteiger partial charge in [0.1, 0.15) is 11.5 Å². The number of hydrogen-bond acceptors (Lipinski definition) is 7. The Kier molecular flexibility index (Phi) is 4.12. The highest BCUT2D eigenvalue weighted by molar-refractivity contribution is 5.63. The molecule has 10 nitrogen and oxygen atoms in total. The van der Waals surface area contributed by atoms with Crippen molar-refractivity contribution in [3.05, 3.63) is 48.7 Å². The van der Waals surface area contributed by atoms with E-state index in [-0.39, 0.29) is 6.04 Å². The number of fused-ring (bicyclic) bond motifs is 3. The van der Waals surface area contributed by atoms with Gasteiger partial charge in [0.25, 0.3) is 0 Å². The van der Waals surface area contributed by atoms with Crippen molar-refractivity contribution in [2.75, 3.05) is 4.90 Å². The monoisotopic (exact) mass is 416 g/mol. The van der Waals surface area contributed by atoms with Crippen LogP contribution < -0.4 is 4.90 Å². The van der Waals surface area contributed by atoms with Crippen LogP contribution >= 0.6 is 0 Å². The normalized spacial score (nSPS) is 18.4. The van der Waals surface area contributed by atoms with Gasteiger partial charge in [0.05, 0.1) is 12.2 Å². The summed E-state index contributed by atoms with van der Waals surface area (Å²) in [5.41, 5.74) is 0.943. The molecule has 1 aliphatic heterocycles. The maximum atomic E-state index is 5.09. The molecule has 2 aliphatic rings. The van der Waals surface area contributed by atoms with Crippen LogP contribution in [-0.2, 0) is 0 Å². The summed E-state index contributed by atoms with van der Waals surface area (Å²) in [4.78, 5) is 16.7. The van der Waals surface area contributed by atoms with Gasteiger partial charge in [-0.1, -0.05) is 19.8 Å². The van der Waals surface area contributed by atoms with E-state index in [4.69, 9.17) is 9.97 Å². The highest BCUT2D eigenvalue weighted by atomic mass is 15.4. The molecule has 4 aromatic heterocycles. The highest BCUT2D eigenvalue weighted by Gasteiger charge is 2.39. The van der Waals surface area contributed by atoms with Crippen molar-refractivity contribution in [2.45, 2.75) is 58.0 Å². The summed E-state index contributed by atoms with van der Waals surface area (Å²) in [7, 11) is 0. The van der Waals surface area contributed by atoms with Gasteiger partial charge in [0.2, 0.25) is 11.9 Å². The third kappa shape index (κ3) is 2.70. The third-order valence-electron chi connectivity index (χ3n) is 6.36. The first kappa shape index (κ1) is 18.2. The molecule has 0 radical (unpaired) electrons. The van der Waals surface area contributed by atoms with Crippen LogP contribution in [0.25, 0.3) is 17.6 Å². The number of rotatable bonds is 4. The van der Waals surface area contributed by atoms with E-state index in [1.807, 2.05) is 36.1 Å². The predicted molar refractivity (Wildman–Crippen MR) is 114 cm³/mol. The Hall–Kier alpha value is -3.56. The fourth-order valence-electron chi connectivity index (χ4n) is 4.98. The van der Waals surface area contributed by atoms with Gasteiger partial charge in [-0.2, -0.15) is 10.1 Å². The van der Waals surface area contributed by atoms with Crippen LogP contribution in [0.1, 0.15) is 56.7 Å². The average molecular weight is 416 g/mol. The van der Waals surface area contributed by atoms with E-state index < -0.39 is 0 Å². The first-order valence-electron chi connectivity index (χ1n) is 10.9. The average Bonchev–Trinajstić information content (AvgIpc) is 3.59. The Bertz CT molecular complexity index is 1220. The lowest BCUT2D eigenvalue weighted by atomic mass is 10.0. The predicted octanol–water partition coefficient (Wildman–Crippen LogP) is 2.95. The molecule has 1 saturated carbocycles. The lowest BCUT2D eigenvalue weighted by Crippen LogP contribution is -2.42. The van der Waals surface area contributed by atoms with Crippen molar-refractivity contribution in [2.24, 2.45) is 0 Å². The lowest BCUT2D eigenvalue weighted by molar-refractivity contribution is 0.467. The van der Waals surface area contributed by atoms with E-state index in [2.05, 4.69) is 36.7 Å². The second-order valence-corrected chi connectivity index (χ2v) is 8.14. The van der Waals surface area contributed by atoms with Crippen LogP contribution in [0.2, 0.25) is 0 Å². The molecule has 10 heteroatoms. The van der Waals surface area contributed by atoms with Crippen molar-refractivity contribution < 1.29 is 0 Å². The number of aryl methyl sites for hydroxylation is 1. The number of anilines is 1. The van der Waals surface area contributed by atoms with E-state index in [1.165, 1.54) is 25.7 Å². The van der Waals surface area contributed by atoms with Gasteiger partial charge in [-0.3, -0.25) is 9.13 Å². The largest absolute Gasteiger partial charge is 0.341 e. The van der Waals surface area contributed by atoms with E-state index in [1.54, 1.807) is 17.1 Å². The number of nitrogens with zero attached hydrogens (tertiary/aromatic N) is 10. The van der Waals surface area contributed by atoms with Gasteiger partial charge in [0, 0.05) is 30.8 Å². The lowest BCUT2D eigenvalue weighted by Gasteiger charge is -2.41. The minimum Gasteiger partial charge on any atom is -0.341 e. The van der Waals surface area contributed by atoms with Crippen molar-refractivity contribution in [1.29, 1.82) is 0 Å². The minimum absolute atomic E-state index is 0.146. The molecule has 1 aliphatic carbocycles. The summed E-state index contributed by atoms with van der Waals surface area (Å²) >= 11 is 0. The smallest absolute Gasteiger partial charge is 0.238 e. The van der Waals surface area contributed by atoms with E-state index >= 15 is 0 Å². The van der Waals surface area contributed by atoms with Crippen molar-refractivity contribution in [3.8, 4) is 17.6 Å². The molecule has 158 valence electrons. The minimum atomic E-state index is 0.146. The molecular weight excluding hydrogens is 392 g/mol. The summed E-state index contributed by atoms with van der Waals surface area (Å²) in [6.07, 6.45) is 14.9. The van der Waals surface area contributed by atoms with E-state index in [0.717, 1.165) is 29.6 Å². The van der Waals surface area contributed by atoms with E-state index in [9.17, 15) is 0 Å². The van der Waals surface area contributed by atoms with Crippen LogP contribution in [0.3, 0.4) is 0 Å². The zero-order valence-corrected chi connectivity index (χ0v) is 17.6. The molecule has 1 unspecified atom stereocenters. The molecule has 4 aromatic rings. The molecule has 5 heterocycles. The van der Waals surface area contributed by atoms with Crippen molar-refractivity contribution >= 4 is 5.82 Å². The number of aromatic nitrogens is 9. The van der Waals surface area contributed by atoms with Crippen LogP contribution in [-0.4, -0.2) is 50.1 Å². The summed E-state index contributed by atoms with van der Waals surface area (Å²) in [6, 6.07) is 2.47. The fourth-order valence-corrected chi connectivity index (χ4v) is 4.98. The molecule has 0 N–H and O–H groups in total. The first-order valence-corrected chi connectivity index (χ1v) is 10.9. The maximum Gasteiger partial charge on any atom is 0.238 e. The van der Waals surface area contributed by atoms with Gasteiger partial charge in [0.15, 0.2) is 11.6 Å². The third-order valence-corrected chi connectivity index (χ3v) is 6.36. The highest BCUT2D eigenvalue weighted by Crippen LogP contribution is 2.43. The Morgan fingerprint density at radius 2 is 1.94 bits per heavy atom. The zero-order chi connectivity index (χ0) is 20.9. The van der Waals surface area contributed by atoms with Crippen molar-refractivity contribution in [1.82, 2.24) is 44.1 Å². The summed E-state index contributed by atoms with van der Waals surface area (Å²) in [5, 5.41) is 13.2. The van der Waals surface area contributed by atoms with Crippen molar-refractivity contribution in [3.63, 3.8) is 0 Å². The molecule has 31 heavy (non-hydrogen) atoms. The fraction of sp³-hybridized carbons (Fsp3) is 0.429. The molecule has 1 fully saturated rings. The van der Waals surface area contributed by atoms with Crippen LogP contribution in [0, 0.1) is 6.92 Å².